The maximum Gasteiger partial charge on any atom is 0.119 e. The molecule has 0 amide bonds. The molecule has 1 aromatic carbocycles. The van der Waals surface area contributed by atoms with Crippen LogP contribution in [-0.4, -0.2) is 18.6 Å². The number of aryl methyl sites for hydroxylation is 2. The lowest BCUT2D eigenvalue weighted by Gasteiger charge is -2.06. The molecular formula is C11H16OS. The van der Waals surface area contributed by atoms with E-state index >= 15 is 0 Å². The monoisotopic (exact) mass is 196 g/mol. The number of rotatable bonds is 4. The molecule has 0 aliphatic heterocycles. The first kappa shape index (κ1) is 10.5. The molecule has 0 saturated carbocycles. The van der Waals surface area contributed by atoms with Crippen molar-refractivity contribution in [2.45, 2.75) is 13.8 Å². The van der Waals surface area contributed by atoms with Crippen LogP contribution in [0.2, 0.25) is 0 Å². The van der Waals surface area contributed by atoms with Crippen molar-refractivity contribution >= 4 is 11.8 Å². The SMILES string of the molecule is CSCCOc1cc(C)cc(C)c1. The van der Waals surface area contributed by atoms with Crippen LogP contribution < -0.4 is 4.74 Å². The van der Waals surface area contributed by atoms with Gasteiger partial charge in [-0.2, -0.15) is 11.8 Å². The second-order valence-electron chi connectivity index (χ2n) is 3.16. The third kappa shape index (κ3) is 3.73. The average Bonchev–Trinajstić information content (AvgIpc) is 2.03. The summed E-state index contributed by atoms with van der Waals surface area (Å²) in [6, 6.07) is 6.31. The van der Waals surface area contributed by atoms with Crippen LogP contribution in [0.15, 0.2) is 18.2 Å². The van der Waals surface area contributed by atoms with Crippen molar-refractivity contribution in [3.05, 3.63) is 29.3 Å². The Hall–Kier alpha value is -0.630. The lowest BCUT2D eigenvalue weighted by molar-refractivity contribution is 0.343. The first-order valence-corrected chi connectivity index (χ1v) is 5.82. The summed E-state index contributed by atoms with van der Waals surface area (Å²) < 4.78 is 5.59. The van der Waals surface area contributed by atoms with Crippen LogP contribution in [0.4, 0.5) is 0 Å². The van der Waals surface area contributed by atoms with E-state index in [9.17, 15) is 0 Å². The maximum absolute atomic E-state index is 5.59. The van der Waals surface area contributed by atoms with Crippen molar-refractivity contribution in [3.8, 4) is 5.75 Å². The minimum atomic E-state index is 0.796. The Balaban J connectivity index is 2.56. The number of hydrogen-bond acceptors (Lipinski definition) is 2. The highest BCUT2D eigenvalue weighted by Crippen LogP contribution is 2.16. The molecule has 72 valence electrons. The van der Waals surface area contributed by atoms with Gasteiger partial charge in [-0.25, -0.2) is 0 Å². The fourth-order valence-corrected chi connectivity index (χ4v) is 1.51. The molecule has 0 aliphatic carbocycles. The van der Waals surface area contributed by atoms with Gasteiger partial charge in [0.1, 0.15) is 5.75 Å². The zero-order chi connectivity index (χ0) is 9.68. The first-order valence-electron chi connectivity index (χ1n) is 4.42. The fraction of sp³-hybridized carbons (Fsp3) is 0.455. The summed E-state index contributed by atoms with van der Waals surface area (Å²) in [6.45, 7) is 4.98. The molecule has 1 rings (SSSR count). The van der Waals surface area contributed by atoms with Gasteiger partial charge >= 0.3 is 0 Å². The van der Waals surface area contributed by atoms with Crippen molar-refractivity contribution in [2.75, 3.05) is 18.6 Å². The summed E-state index contributed by atoms with van der Waals surface area (Å²) >= 11 is 1.80. The molecule has 13 heavy (non-hydrogen) atoms. The number of hydrogen-bond donors (Lipinski definition) is 0. The van der Waals surface area contributed by atoms with Gasteiger partial charge in [-0.1, -0.05) is 6.07 Å². The topological polar surface area (TPSA) is 9.23 Å². The smallest absolute Gasteiger partial charge is 0.119 e. The summed E-state index contributed by atoms with van der Waals surface area (Å²) in [5.74, 6) is 2.04. The molecule has 0 atom stereocenters. The van der Waals surface area contributed by atoms with Crippen LogP contribution >= 0.6 is 11.8 Å². The maximum atomic E-state index is 5.59. The molecule has 0 radical (unpaired) electrons. The molecule has 0 N–H and O–H groups in total. The van der Waals surface area contributed by atoms with Crippen molar-refractivity contribution in [1.29, 1.82) is 0 Å². The molecule has 0 aliphatic rings. The van der Waals surface area contributed by atoms with E-state index in [1.54, 1.807) is 11.8 Å². The Bertz CT molecular complexity index is 251. The molecule has 1 aromatic rings. The van der Waals surface area contributed by atoms with Crippen LogP contribution in [0.5, 0.6) is 5.75 Å². The Labute approximate surface area is 84.5 Å². The molecule has 0 saturated heterocycles. The van der Waals surface area contributed by atoms with E-state index in [1.807, 2.05) is 0 Å². The minimum absolute atomic E-state index is 0.796. The summed E-state index contributed by atoms with van der Waals surface area (Å²) in [5, 5.41) is 0. The lowest BCUT2D eigenvalue weighted by atomic mass is 10.1. The van der Waals surface area contributed by atoms with E-state index < -0.39 is 0 Å². The zero-order valence-electron chi connectivity index (χ0n) is 8.46. The van der Waals surface area contributed by atoms with Gasteiger partial charge in [0.15, 0.2) is 0 Å². The number of ether oxygens (including phenoxy) is 1. The Morgan fingerprint density at radius 2 is 1.77 bits per heavy atom. The quantitative estimate of drug-likeness (QED) is 0.684. The Morgan fingerprint density at radius 3 is 2.31 bits per heavy atom. The molecule has 2 heteroatoms. The van der Waals surface area contributed by atoms with Crippen LogP contribution in [0.3, 0.4) is 0 Å². The van der Waals surface area contributed by atoms with Gasteiger partial charge in [-0.3, -0.25) is 0 Å². The van der Waals surface area contributed by atoms with Crippen LogP contribution in [0.25, 0.3) is 0 Å². The van der Waals surface area contributed by atoms with Gasteiger partial charge in [0.25, 0.3) is 0 Å². The third-order valence-electron chi connectivity index (χ3n) is 1.75. The largest absolute Gasteiger partial charge is 0.493 e. The summed E-state index contributed by atoms with van der Waals surface area (Å²) in [5.41, 5.74) is 2.53. The lowest BCUT2D eigenvalue weighted by Crippen LogP contribution is -1.99. The van der Waals surface area contributed by atoms with Gasteiger partial charge in [0.05, 0.1) is 6.61 Å². The molecular weight excluding hydrogens is 180 g/mol. The number of benzene rings is 1. The summed E-state index contributed by atoms with van der Waals surface area (Å²) in [4.78, 5) is 0. The molecule has 0 heterocycles. The van der Waals surface area contributed by atoms with E-state index in [2.05, 4.69) is 38.3 Å². The molecule has 0 fully saturated rings. The van der Waals surface area contributed by atoms with Crippen molar-refractivity contribution in [1.82, 2.24) is 0 Å². The molecule has 1 nitrogen and oxygen atoms in total. The second-order valence-corrected chi connectivity index (χ2v) is 4.15. The highest BCUT2D eigenvalue weighted by molar-refractivity contribution is 7.98. The predicted molar refractivity (Wildman–Crippen MR) is 59.8 cm³/mol. The van der Waals surface area contributed by atoms with Gasteiger partial charge in [-0.05, 0) is 43.4 Å². The van der Waals surface area contributed by atoms with E-state index in [4.69, 9.17) is 4.74 Å². The summed E-state index contributed by atoms with van der Waals surface area (Å²) in [7, 11) is 0. The average molecular weight is 196 g/mol. The van der Waals surface area contributed by atoms with Crippen molar-refractivity contribution in [3.63, 3.8) is 0 Å². The minimum Gasteiger partial charge on any atom is -0.493 e. The van der Waals surface area contributed by atoms with E-state index in [1.165, 1.54) is 11.1 Å². The van der Waals surface area contributed by atoms with Gasteiger partial charge < -0.3 is 4.74 Å². The molecule has 0 bridgehead atoms. The first-order chi connectivity index (χ1) is 6.22. The third-order valence-corrected chi connectivity index (χ3v) is 2.33. The van der Waals surface area contributed by atoms with Crippen LogP contribution in [0.1, 0.15) is 11.1 Å². The van der Waals surface area contributed by atoms with Crippen molar-refractivity contribution < 1.29 is 4.74 Å². The Morgan fingerprint density at radius 1 is 1.15 bits per heavy atom. The predicted octanol–water partition coefficient (Wildman–Crippen LogP) is 3.05. The van der Waals surface area contributed by atoms with E-state index in [-0.39, 0.29) is 0 Å². The highest BCUT2D eigenvalue weighted by Gasteiger charge is 1.95. The van der Waals surface area contributed by atoms with E-state index in [0.29, 0.717) is 0 Å². The van der Waals surface area contributed by atoms with Gasteiger partial charge in [0, 0.05) is 5.75 Å². The fourth-order valence-electron chi connectivity index (χ4n) is 1.26. The van der Waals surface area contributed by atoms with Crippen LogP contribution in [0, 0.1) is 13.8 Å². The van der Waals surface area contributed by atoms with Gasteiger partial charge in [0.2, 0.25) is 0 Å². The zero-order valence-corrected chi connectivity index (χ0v) is 9.28. The molecule has 0 aromatic heterocycles. The highest BCUT2D eigenvalue weighted by atomic mass is 32.2. The standard InChI is InChI=1S/C11H16OS/c1-9-6-10(2)8-11(7-9)12-4-5-13-3/h6-8H,4-5H2,1-3H3. The van der Waals surface area contributed by atoms with Crippen LogP contribution in [-0.2, 0) is 0 Å². The normalized spacial score (nSPS) is 10.1. The second kappa shape index (κ2) is 5.18. The number of thioether (sulfide) groups is 1. The van der Waals surface area contributed by atoms with E-state index in [0.717, 1.165) is 18.1 Å². The van der Waals surface area contributed by atoms with Gasteiger partial charge in [-0.15, -0.1) is 0 Å². The molecule has 0 unspecified atom stereocenters. The summed E-state index contributed by atoms with van der Waals surface area (Å²) in [6.07, 6.45) is 2.09. The van der Waals surface area contributed by atoms with Crippen molar-refractivity contribution in [2.24, 2.45) is 0 Å². The Kier molecular flexibility index (Phi) is 4.16. The molecule has 0 spiro atoms.